The van der Waals surface area contributed by atoms with Crippen molar-refractivity contribution in [2.24, 2.45) is 11.7 Å². The lowest BCUT2D eigenvalue weighted by Crippen LogP contribution is -2.43. The van der Waals surface area contributed by atoms with E-state index >= 15 is 0 Å². The van der Waals surface area contributed by atoms with Crippen molar-refractivity contribution in [3.63, 3.8) is 0 Å². The lowest BCUT2D eigenvalue weighted by atomic mass is 9.93. The van der Waals surface area contributed by atoms with Gasteiger partial charge in [-0.3, -0.25) is 5.32 Å². The second-order valence-corrected chi connectivity index (χ2v) is 7.30. The van der Waals surface area contributed by atoms with E-state index in [0.29, 0.717) is 29.7 Å². The van der Waals surface area contributed by atoms with Gasteiger partial charge in [0.2, 0.25) is 0 Å². The van der Waals surface area contributed by atoms with Crippen molar-refractivity contribution < 1.29 is 19.0 Å². The molecule has 2 aromatic heterocycles. The van der Waals surface area contributed by atoms with Gasteiger partial charge in [0.05, 0.1) is 17.6 Å². The highest BCUT2D eigenvalue weighted by Gasteiger charge is 2.21. The fraction of sp³-hybridized carbons (Fsp3) is 0.421. The number of aromatic nitrogens is 2. The Morgan fingerprint density at radius 1 is 1.44 bits per heavy atom. The molecule has 0 spiro atoms. The number of carbonyl (C=O) groups is 1. The summed E-state index contributed by atoms with van der Waals surface area (Å²) >= 11 is 0. The first-order chi connectivity index (χ1) is 12.6. The number of carboxylic acid groups (broad SMARTS) is 1. The predicted octanol–water partition coefficient (Wildman–Crippen LogP) is 3.82. The topological polar surface area (TPSA) is 110 Å². The highest BCUT2D eigenvalue weighted by atomic mass is 19.1. The molecule has 0 aliphatic heterocycles. The van der Waals surface area contributed by atoms with E-state index < -0.39 is 17.4 Å². The van der Waals surface area contributed by atoms with Crippen molar-refractivity contribution in [2.45, 2.75) is 39.7 Å². The van der Waals surface area contributed by atoms with Gasteiger partial charge in [0.1, 0.15) is 18.2 Å². The van der Waals surface area contributed by atoms with Crippen LogP contribution in [0.5, 0.6) is 5.75 Å². The average molecular weight is 376 g/mol. The Morgan fingerprint density at radius 2 is 2.15 bits per heavy atom. The van der Waals surface area contributed by atoms with E-state index in [1.165, 1.54) is 6.07 Å². The van der Waals surface area contributed by atoms with E-state index in [-0.39, 0.29) is 11.4 Å². The van der Waals surface area contributed by atoms with Gasteiger partial charge in [0.25, 0.3) is 0 Å². The van der Waals surface area contributed by atoms with Gasteiger partial charge in [-0.05, 0) is 44.4 Å². The first-order valence-electron chi connectivity index (χ1n) is 8.62. The third-order valence-corrected chi connectivity index (χ3v) is 3.84. The molecule has 0 aromatic carbocycles. The SMILES string of the molecule is Cc1nc(-c2cc(NC(=O)O)ncc2F)ccc1OCC(C)(N)CC(C)C. The molecule has 0 aliphatic carbocycles. The Labute approximate surface area is 157 Å². The van der Waals surface area contributed by atoms with Crippen LogP contribution in [0.3, 0.4) is 0 Å². The number of nitrogens with one attached hydrogen (secondary N) is 1. The van der Waals surface area contributed by atoms with Crippen LogP contribution >= 0.6 is 0 Å². The first kappa shape index (κ1) is 20.6. The molecular weight excluding hydrogens is 351 g/mol. The molecular formula is C19H25FN4O3. The molecule has 7 nitrogen and oxygen atoms in total. The molecule has 0 aliphatic rings. The van der Waals surface area contributed by atoms with Crippen molar-refractivity contribution >= 4 is 11.9 Å². The van der Waals surface area contributed by atoms with E-state index in [0.717, 1.165) is 12.6 Å². The zero-order valence-electron chi connectivity index (χ0n) is 15.9. The molecule has 0 saturated carbocycles. The van der Waals surface area contributed by atoms with E-state index in [1.807, 2.05) is 6.92 Å². The maximum Gasteiger partial charge on any atom is 0.410 e. The Kier molecular flexibility index (Phi) is 6.32. The number of aryl methyl sites for hydroxylation is 1. The fourth-order valence-electron chi connectivity index (χ4n) is 2.90. The van der Waals surface area contributed by atoms with Gasteiger partial charge in [0.15, 0.2) is 5.82 Å². The summed E-state index contributed by atoms with van der Waals surface area (Å²) in [6, 6.07) is 4.61. The number of hydrogen-bond acceptors (Lipinski definition) is 5. The highest BCUT2D eigenvalue weighted by molar-refractivity contribution is 5.82. The van der Waals surface area contributed by atoms with Gasteiger partial charge in [-0.1, -0.05) is 13.8 Å². The maximum atomic E-state index is 14.1. The lowest BCUT2D eigenvalue weighted by Gasteiger charge is -2.27. The number of hydrogen-bond donors (Lipinski definition) is 3. The van der Waals surface area contributed by atoms with Crippen LogP contribution < -0.4 is 15.8 Å². The highest BCUT2D eigenvalue weighted by Crippen LogP contribution is 2.27. The number of nitrogens with zero attached hydrogens (tertiary/aromatic N) is 2. The average Bonchev–Trinajstić information content (AvgIpc) is 2.54. The van der Waals surface area contributed by atoms with E-state index in [2.05, 4.69) is 29.1 Å². The fourth-order valence-corrected chi connectivity index (χ4v) is 2.90. The second-order valence-electron chi connectivity index (χ2n) is 7.30. The molecule has 2 heterocycles. The maximum absolute atomic E-state index is 14.1. The zero-order valence-corrected chi connectivity index (χ0v) is 15.9. The minimum absolute atomic E-state index is 0.0197. The molecule has 4 N–H and O–H groups in total. The smallest absolute Gasteiger partial charge is 0.410 e. The number of halogens is 1. The van der Waals surface area contributed by atoms with Gasteiger partial charge in [-0.15, -0.1) is 0 Å². The third-order valence-electron chi connectivity index (χ3n) is 3.84. The quantitative estimate of drug-likeness (QED) is 0.677. The standard InChI is InChI=1S/C19H25FN4O3/c1-11(2)8-19(4,21)10-27-16-6-5-15(23-12(16)3)13-7-17(24-18(25)26)22-9-14(13)20/h5-7,9,11H,8,10,21H2,1-4H3,(H,22,24)(H,25,26). The van der Waals surface area contributed by atoms with Gasteiger partial charge < -0.3 is 15.6 Å². The Balaban J connectivity index is 2.20. The Morgan fingerprint density at radius 3 is 2.74 bits per heavy atom. The van der Waals surface area contributed by atoms with Crippen molar-refractivity contribution in [1.29, 1.82) is 0 Å². The lowest BCUT2D eigenvalue weighted by molar-refractivity contribution is 0.205. The van der Waals surface area contributed by atoms with E-state index in [1.54, 1.807) is 19.1 Å². The molecule has 2 aromatic rings. The van der Waals surface area contributed by atoms with Gasteiger partial charge in [0, 0.05) is 11.1 Å². The van der Waals surface area contributed by atoms with Crippen LogP contribution in [0, 0.1) is 18.7 Å². The molecule has 146 valence electrons. The van der Waals surface area contributed by atoms with Crippen LogP contribution in [0.15, 0.2) is 24.4 Å². The summed E-state index contributed by atoms with van der Waals surface area (Å²) < 4.78 is 19.9. The summed E-state index contributed by atoms with van der Waals surface area (Å²) in [5.74, 6) is 0.440. The molecule has 0 radical (unpaired) electrons. The molecule has 1 amide bonds. The summed E-state index contributed by atoms with van der Waals surface area (Å²) in [4.78, 5) is 18.8. The van der Waals surface area contributed by atoms with Crippen molar-refractivity contribution in [1.82, 2.24) is 9.97 Å². The molecule has 1 unspecified atom stereocenters. The minimum atomic E-state index is -1.28. The van der Waals surface area contributed by atoms with Crippen LogP contribution in [0.4, 0.5) is 15.0 Å². The van der Waals surface area contributed by atoms with Crippen molar-refractivity contribution in [2.75, 3.05) is 11.9 Å². The zero-order chi connectivity index (χ0) is 20.2. The molecule has 8 heteroatoms. The number of nitrogens with two attached hydrogens (primary N) is 1. The van der Waals surface area contributed by atoms with Gasteiger partial charge >= 0.3 is 6.09 Å². The van der Waals surface area contributed by atoms with Crippen LogP contribution in [0.1, 0.15) is 32.9 Å². The van der Waals surface area contributed by atoms with Crippen LogP contribution in [-0.4, -0.2) is 33.3 Å². The first-order valence-corrected chi connectivity index (χ1v) is 8.62. The molecule has 2 rings (SSSR count). The summed E-state index contributed by atoms with van der Waals surface area (Å²) in [5.41, 5.74) is 6.87. The summed E-state index contributed by atoms with van der Waals surface area (Å²) in [7, 11) is 0. The molecule has 27 heavy (non-hydrogen) atoms. The largest absolute Gasteiger partial charge is 0.490 e. The van der Waals surface area contributed by atoms with E-state index in [4.69, 9.17) is 15.6 Å². The molecule has 0 saturated heterocycles. The Bertz CT molecular complexity index is 825. The van der Waals surface area contributed by atoms with E-state index in [9.17, 15) is 9.18 Å². The molecule has 1 atom stereocenters. The van der Waals surface area contributed by atoms with Gasteiger partial charge in [-0.2, -0.15) is 0 Å². The summed E-state index contributed by atoms with van der Waals surface area (Å²) in [6.45, 7) is 8.23. The number of rotatable bonds is 7. The predicted molar refractivity (Wildman–Crippen MR) is 101 cm³/mol. The number of pyridine rings is 2. The normalized spacial score (nSPS) is 13.3. The third kappa shape index (κ3) is 5.89. The number of ether oxygens (including phenoxy) is 1. The number of amides is 1. The minimum Gasteiger partial charge on any atom is -0.490 e. The monoisotopic (exact) mass is 376 g/mol. The van der Waals surface area contributed by atoms with Crippen LogP contribution in [0.2, 0.25) is 0 Å². The molecule has 0 fully saturated rings. The number of anilines is 1. The van der Waals surface area contributed by atoms with Crippen molar-refractivity contribution in [3.8, 4) is 17.0 Å². The summed E-state index contributed by atoms with van der Waals surface area (Å²) in [5, 5.41) is 10.9. The van der Waals surface area contributed by atoms with Crippen LogP contribution in [-0.2, 0) is 0 Å². The molecule has 0 bridgehead atoms. The second kappa shape index (κ2) is 8.30. The van der Waals surface area contributed by atoms with Crippen LogP contribution in [0.25, 0.3) is 11.3 Å². The van der Waals surface area contributed by atoms with Gasteiger partial charge in [-0.25, -0.2) is 19.2 Å². The summed E-state index contributed by atoms with van der Waals surface area (Å²) in [6.07, 6.45) is 0.492. The Hall–Kier alpha value is -2.74. The van der Waals surface area contributed by atoms with Crippen molar-refractivity contribution in [3.05, 3.63) is 35.9 Å².